The number of esters is 1. The van der Waals surface area contributed by atoms with Gasteiger partial charge in [0.2, 0.25) is 6.79 Å². The molecule has 0 amide bonds. The third-order valence-corrected chi connectivity index (χ3v) is 5.57. The molecular weight excluding hydrogens is 465 g/mol. The van der Waals surface area contributed by atoms with Crippen molar-refractivity contribution < 1.29 is 41.7 Å². The van der Waals surface area contributed by atoms with E-state index in [1.54, 1.807) is 12.1 Å². The molecule has 2 aliphatic rings. The lowest BCUT2D eigenvalue weighted by Crippen LogP contribution is -2.11. The number of carbonyl (C=O) groups excluding carboxylic acids is 1. The van der Waals surface area contributed by atoms with Crippen molar-refractivity contribution in [2.24, 2.45) is 0 Å². The predicted molar refractivity (Wildman–Crippen MR) is 117 cm³/mol. The molecular formula is C26H21F3O6. The molecule has 3 aromatic rings. The molecule has 2 aliphatic heterocycles. The van der Waals surface area contributed by atoms with E-state index < -0.39 is 23.4 Å². The molecule has 2 heterocycles. The fraction of sp³-hybridized carbons (Fsp3) is 0.269. The van der Waals surface area contributed by atoms with Gasteiger partial charge < -0.3 is 23.7 Å². The van der Waals surface area contributed by atoms with Gasteiger partial charge >= 0.3 is 5.97 Å². The Morgan fingerprint density at radius 2 is 1.37 bits per heavy atom. The second-order valence-corrected chi connectivity index (χ2v) is 8.27. The van der Waals surface area contributed by atoms with Crippen molar-refractivity contribution in [2.75, 3.05) is 20.0 Å². The van der Waals surface area contributed by atoms with Gasteiger partial charge in [-0.25, -0.2) is 18.0 Å². The highest BCUT2D eigenvalue weighted by Crippen LogP contribution is 2.26. The van der Waals surface area contributed by atoms with Crippen LogP contribution in [-0.4, -0.2) is 38.2 Å². The van der Waals surface area contributed by atoms with Crippen molar-refractivity contribution in [1.82, 2.24) is 0 Å². The molecule has 2 atom stereocenters. The number of hydrogen-bond donors (Lipinski definition) is 0. The maximum absolute atomic E-state index is 14.4. The van der Waals surface area contributed by atoms with Crippen LogP contribution >= 0.6 is 0 Å². The van der Waals surface area contributed by atoms with Crippen LogP contribution in [0.1, 0.15) is 21.5 Å². The highest BCUT2D eigenvalue weighted by Gasteiger charge is 2.25. The predicted octanol–water partition coefficient (Wildman–Crippen LogP) is 4.62. The highest BCUT2D eigenvalue weighted by atomic mass is 19.1. The first-order valence-electron chi connectivity index (χ1n) is 11.0. The molecule has 35 heavy (non-hydrogen) atoms. The SMILES string of the molecule is O=C(Oc1ccc(OCOc2ccc(CC3CO3)c(F)c2)c(F)c1)c1ccc(CC2CO2)c(F)c1. The summed E-state index contributed by atoms with van der Waals surface area (Å²) in [4.78, 5) is 12.3. The molecule has 0 bridgehead atoms. The second-order valence-electron chi connectivity index (χ2n) is 8.27. The van der Waals surface area contributed by atoms with Gasteiger partial charge in [-0.15, -0.1) is 0 Å². The third kappa shape index (κ3) is 6.12. The number of ether oxygens (including phenoxy) is 5. The summed E-state index contributed by atoms with van der Waals surface area (Å²) >= 11 is 0. The van der Waals surface area contributed by atoms with E-state index in [2.05, 4.69) is 0 Å². The zero-order valence-corrected chi connectivity index (χ0v) is 18.5. The molecule has 0 aliphatic carbocycles. The van der Waals surface area contributed by atoms with Gasteiger partial charge in [-0.1, -0.05) is 12.1 Å². The summed E-state index contributed by atoms with van der Waals surface area (Å²) in [6.45, 7) is 0.873. The average molecular weight is 486 g/mol. The Balaban J connectivity index is 1.14. The molecule has 2 fully saturated rings. The topological polar surface area (TPSA) is 69.8 Å². The fourth-order valence-electron chi connectivity index (χ4n) is 3.47. The minimum atomic E-state index is -0.826. The van der Waals surface area contributed by atoms with Crippen LogP contribution in [-0.2, 0) is 22.3 Å². The molecule has 182 valence electrons. The summed E-state index contributed by atoms with van der Waals surface area (Å²) in [6, 6.07) is 12.0. The lowest BCUT2D eigenvalue weighted by molar-refractivity contribution is 0.0732. The first kappa shape index (κ1) is 23.2. The summed E-state index contributed by atoms with van der Waals surface area (Å²) in [6.07, 6.45) is 1.03. The van der Waals surface area contributed by atoms with Gasteiger partial charge in [-0.3, -0.25) is 0 Å². The number of hydrogen-bond acceptors (Lipinski definition) is 6. The number of carbonyl (C=O) groups is 1. The molecule has 2 unspecified atom stereocenters. The molecule has 3 aromatic carbocycles. The van der Waals surface area contributed by atoms with Crippen molar-refractivity contribution in [3.05, 3.63) is 88.7 Å². The standard InChI is InChI=1S/C26H21F3O6/c27-22-9-17(2-1-15(22)7-20-12-31-20)26(30)35-19-5-6-25(24(29)11-19)34-14-33-18-4-3-16(23(28)10-18)8-21-13-32-21/h1-6,9-11,20-21H,7-8,12-14H2. The van der Waals surface area contributed by atoms with Crippen LogP contribution in [0.2, 0.25) is 0 Å². The van der Waals surface area contributed by atoms with Crippen LogP contribution in [0.3, 0.4) is 0 Å². The highest BCUT2D eigenvalue weighted by molar-refractivity contribution is 5.91. The monoisotopic (exact) mass is 486 g/mol. The Morgan fingerprint density at radius 3 is 1.97 bits per heavy atom. The number of halogens is 3. The van der Waals surface area contributed by atoms with E-state index in [1.807, 2.05) is 0 Å². The zero-order valence-electron chi connectivity index (χ0n) is 18.5. The first-order chi connectivity index (χ1) is 16.9. The van der Waals surface area contributed by atoms with E-state index in [4.69, 9.17) is 23.7 Å². The van der Waals surface area contributed by atoms with Crippen LogP contribution in [0.25, 0.3) is 0 Å². The molecule has 0 spiro atoms. The van der Waals surface area contributed by atoms with Crippen molar-refractivity contribution in [2.45, 2.75) is 25.0 Å². The first-order valence-corrected chi connectivity index (χ1v) is 11.0. The molecule has 5 rings (SSSR count). The van der Waals surface area contributed by atoms with Gasteiger partial charge in [-0.05, 0) is 41.5 Å². The molecule has 2 saturated heterocycles. The summed E-state index contributed by atoms with van der Waals surface area (Å²) < 4.78 is 68.6. The van der Waals surface area contributed by atoms with Crippen LogP contribution < -0.4 is 14.2 Å². The van der Waals surface area contributed by atoms with E-state index >= 15 is 0 Å². The average Bonchev–Trinajstić information content (AvgIpc) is 3.75. The summed E-state index contributed by atoms with van der Waals surface area (Å²) in [5, 5.41) is 0. The zero-order chi connectivity index (χ0) is 24.4. The summed E-state index contributed by atoms with van der Waals surface area (Å²) in [5.74, 6) is -2.56. The van der Waals surface area contributed by atoms with E-state index in [9.17, 15) is 18.0 Å². The van der Waals surface area contributed by atoms with Gasteiger partial charge in [0.05, 0.1) is 31.0 Å². The molecule has 9 heteroatoms. The quantitative estimate of drug-likeness (QED) is 0.180. The molecule has 0 radical (unpaired) electrons. The van der Waals surface area contributed by atoms with Gasteiger partial charge in [0, 0.05) is 25.0 Å². The van der Waals surface area contributed by atoms with Crippen molar-refractivity contribution in [1.29, 1.82) is 0 Å². The molecule has 6 nitrogen and oxygen atoms in total. The van der Waals surface area contributed by atoms with Gasteiger partial charge in [0.1, 0.15) is 23.1 Å². The minimum absolute atomic E-state index is 0.00000734. The fourth-order valence-corrected chi connectivity index (χ4v) is 3.47. The second kappa shape index (κ2) is 9.97. The number of epoxide rings is 2. The number of rotatable bonds is 10. The Labute approximate surface area is 199 Å². The Kier molecular flexibility index (Phi) is 6.61. The normalized spacial score (nSPS) is 18.1. The Morgan fingerprint density at radius 1 is 0.771 bits per heavy atom. The molecule has 0 N–H and O–H groups in total. The number of benzene rings is 3. The Hall–Kier alpha value is -3.56. The van der Waals surface area contributed by atoms with E-state index in [1.165, 1.54) is 30.3 Å². The van der Waals surface area contributed by atoms with Crippen LogP contribution in [0.15, 0.2) is 54.6 Å². The lowest BCUT2D eigenvalue weighted by atomic mass is 10.1. The van der Waals surface area contributed by atoms with Crippen molar-refractivity contribution >= 4 is 5.97 Å². The van der Waals surface area contributed by atoms with Crippen LogP contribution in [0, 0.1) is 17.5 Å². The maximum Gasteiger partial charge on any atom is 0.343 e. The Bertz CT molecular complexity index is 1240. The van der Waals surface area contributed by atoms with Gasteiger partial charge in [-0.2, -0.15) is 0 Å². The molecule has 0 aromatic heterocycles. The summed E-state index contributed by atoms with van der Waals surface area (Å²) in [5.41, 5.74) is 0.980. The van der Waals surface area contributed by atoms with E-state index in [-0.39, 0.29) is 41.8 Å². The third-order valence-electron chi connectivity index (χ3n) is 5.57. The van der Waals surface area contributed by atoms with E-state index in [0.717, 1.165) is 12.1 Å². The van der Waals surface area contributed by atoms with Gasteiger partial charge in [0.15, 0.2) is 11.6 Å². The largest absolute Gasteiger partial charge is 0.457 e. The lowest BCUT2D eigenvalue weighted by Gasteiger charge is -2.11. The summed E-state index contributed by atoms with van der Waals surface area (Å²) in [7, 11) is 0. The van der Waals surface area contributed by atoms with Gasteiger partial charge in [0.25, 0.3) is 0 Å². The molecule has 0 saturated carbocycles. The minimum Gasteiger partial charge on any atom is -0.457 e. The van der Waals surface area contributed by atoms with E-state index in [0.29, 0.717) is 37.2 Å². The maximum atomic E-state index is 14.4. The van der Waals surface area contributed by atoms with Crippen molar-refractivity contribution in [3.8, 4) is 17.2 Å². The van der Waals surface area contributed by atoms with Crippen LogP contribution in [0.5, 0.6) is 17.2 Å². The van der Waals surface area contributed by atoms with Crippen molar-refractivity contribution in [3.63, 3.8) is 0 Å². The van der Waals surface area contributed by atoms with Crippen LogP contribution in [0.4, 0.5) is 13.2 Å². The smallest absolute Gasteiger partial charge is 0.343 e.